The Morgan fingerprint density at radius 1 is 0.692 bits per heavy atom. The highest BCUT2D eigenvalue weighted by molar-refractivity contribution is 5.70. The number of nitrogens with zero attached hydrogens (tertiary/aromatic N) is 5. The van der Waals surface area contributed by atoms with Crippen molar-refractivity contribution in [3.05, 3.63) is 65.9 Å². The zero-order valence-corrected chi connectivity index (χ0v) is 14.7. The minimum atomic E-state index is 0.945. The van der Waals surface area contributed by atoms with Crippen LogP contribution in [0.15, 0.2) is 54.7 Å². The predicted octanol–water partition coefficient (Wildman–Crippen LogP) is 2.96. The third-order valence-electron chi connectivity index (χ3n) is 5.37. The Bertz CT molecular complexity index is 917. The minimum absolute atomic E-state index is 0.945. The molecule has 2 aliphatic rings. The van der Waals surface area contributed by atoms with Gasteiger partial charge in [0.05, 0.1) is 5.69 Å². The quantitative estimate of drug-likeness (QED) is 0.716. The van der Waals surface area contributed by atoms with Gasteiger partial charge in [0.2, 0.25) is 0 Å². The van der Waals surface area contributed by atoms with E-state index in [2.05, 4.69) is 61.4 Å². The average Bonchev–Trinajstić information content (AvgIpc) is 2.74. The van der Waals surface area contributed by atoms with E-state index in [1.54, 1.807) is 0 Å². The number of aryl methyl sites for hydroxylation is 2. The summed E-state index contributed by atoms with van der Waals surface area (Å²) in [4.78, 5) is 9.13. The topological polar surface area (TPSA) is 45.2 Å². The first-order valence-corrected chi connectivity index (χ1v) is 9.24. The van der Waals surface area contributed by atoms with E-state index in [0.29, 0.717) is 0 Å². The van der Waals surface area contributed by atoms with E-state index in [9.17, 15) is 0 Å². The number of hydrogen-bond donors (Lipinski definition) is 0. The van der Waals surface area contributed by atoms with Crippen LogP contribution in [-0.4, -0.2) is 41.4 Å². The van der Waals surface area contributed by atoms with E-state index < -0.39 is 0 Å². The van der Waals surface area contributed by atoms with Gasteiger partial charge in [0.25, 0.3) is 0 Å². The molecular formula is C21H21N5. The second-order valence-electron chi connectivity index (χ2n) is 6.90. The van der Waals surface area contributed by atoms with Crippen molar-refractivity contribution in [3.8, 4) is 11.3 Å². The fraction of sp³-hybridized carbons (Fsp3) is 0.286. The van der Waals surface area contributed by atoms with Crippen LogP contribution in [0.5, 0.6) is 0 Å². The molecule has 5 heteroatoms. The average molecular weight is 343 g/mol. The molecule has 26 heavy (non-hydrogen) atoms. The molecule has 0 N–H and O–H groups in total. The summed E-state index contributed by atoms with van der Waals surface area (Å²) < 4.78 is 0. The molecule has 130 valence electrons. The molecule has 2 aromatic heterocycles. The summed E-state index contributed by atoms with van der Waals surface area (Å²) >= 11 is 0. The SMILES string of the molecule is c1ccc(N2CCN(c3cc4c(nn3)-c3ccccc3CC4)CC2)nc1. The lowest BCUT2D eigenvalue weighted by molar-refractivity contribution is 0.637. The Morgan fingerprint density at radius 2 is 1.42 bits per heavy atom. The Balaban J connectivity index is 1.35. The van der Waals surface area contributed by atoms with Gasteiger partial charge in [-0.05, 0) is 42.2 Å². The second kappa shape index (κ2) is 6.41. The molecule has 3 aromatic rings. The molecule has 1 saturated heterocycles. The Kier molecular flexibility index (Phi) is 3.77. The standard InChI is InChI=1S/C21H21N5/c1-2-6-18-16(5-1)8-9-17-15-20(23-24-21(17)18)26-13-11-25(12-14-26)19-7-3-4-10-22-19/h1-7,10,15H,8-9,11-14H2. The number of benzene rings is 1. The Hall–Kier alpha value is -2.95. The van der Waals surface area contributed by atoms with Crippen molar-refractivity contribution in [2.45, 2.75) is 12.8 Å². The van der Waals surface area contributed by atoms with Crippen molar-refractivity contribution >= 4 is 11.6 Å². The zero-order valence-electron chi connectivity index (χ0n) is 14.7. The van der Waals surface area contributed by atoms with Crippen LogP contribution in [0, 0.1) is 0 Å². The number of pyridine rings is 1. The summed E-state index contributed by atoms with van der Waals surface area (Å²) in [6.07, 6.45) is 3.99. The van der Waals surface area contributed by atoms with Crippen LogP contribution >= 0.6 is 0 Å². The van der Waals surface area contributed by atoms with Crippen LogP contribution in [0.4, 0.5) is 11.6 Å². The molecule has 0 saturated carbocycles. The van der Waals surface area contributed by atoms with Crippen LogP contribution in [0.1, 0.15) is 11.1 Å². The van der Waals surface area contributed by atoms with Crippen LogP contribution < -0.4 is 9.80 Å². The summed E-state index contributed by atoms with van der Waals surface area (Å²) in [6.45, 7) is 3.80. The van der Waals surface area contributed by atoms with Crippen molar-refractivity contribution in [3.63, 3.8) is 0 Å². The number of anilines is 2. The first-order chi connectivity index (χ1) is 12.9. The highest BCUT2D eigenvalue weighted by atomic mass is 15.3. The van der Waals surface area contributed by atoms with Crippen LogP contribution in [0.2, 0.25) is 0 Å². The van der Waals surface area contributed by atoms with Crippen molar-refractivity contribution in [2.75, 3.05) is 36.0 Å². The maximum absolute atomic E-state index is 4.60. The molecule has 0 bridgehead atoms. The van der Waals surface area contributed by atoms with Gasteiger partial charge in [-0.1, -0.05) is 30.3 Å². The molecule has 1 aliphatic heterocycles. The normalized spacial score (nSPS) is 16.2. The van der Waals surface area contributed by atoms with Gasteiger partial charge >= 0.3 is 0 Å². The number of rotatable bonds is 2. The third-order valence-corrected chi connectivity index (χ3v) is 5.37. The lowest BCUT2D eigenvalue weighted by atomic mass is 9.89. The maximum atomic E-state index is 4.60. The van der Waals surface area contributed by atoms with Gasteiger partial charge in [0.1, 0.15) is 5.82 Å². The molecule has 5 nitrogen and oxygen atoms in total. The van der Waals surface area contributed by atoms with Gasteiger partial charge in [-0.15, -0.1) is 10.2 Å². The highest BCUT2D eigenvalue weighted by Gasteiger charge is 2.22. The fourth-order valence-electron chi connectivity index (χ4n) is 3.93. The van der Waals surface area contributed by atoms with Crippen molar-refractivity contribution in [1.29, 1.82) is 0 Å². The Labute approximate surface area is 153 Å². The van der Waals surface area contributed by atoms with Crippen LogP contribution in [-0.2, 0) is 12.8 Å². The molecular weight excluding hydrogens is 322 g/mol. The molecule has 0 atom stereocenters. The summed E-state index contributed by atoms with van der Waals surface area (Å²) in [5, 5.41) is 9.15. The van der Waals surface area contributed by atoms with Gasteiger partial charge in [0.15, 0.2) is 5.82 Å². The lowest BCUT2D eigenvalue weighted by Crippen LogP contribution is -2.47. The zero-order chi connectivity index (χ0) is 17.3. The Morgan fingerprint density at radius 3 is 2.23 bits per heavy atom. The number of hydrogen-bond acceptors (Lipinski definition) is 5. The van der Waals surface area contributed by atoms with E-state index in [4.69, 9.17) is 0 Å². The summed E-state index contributed by atoms with van der Waals surface area (Å²) in [6, 6.07) is 16.9. The monoisotopic (exact) mass is 343 g/mol. The third kappa shape index (κ3) is 2.69. The molecule has 0 spiro atoms. The van der Waals surface area contributed by atoms with Gasteiger partial charge in [-0.25, -0.2) is 4.98 Å². The number of fused-ring (bicyclic) bond motifs is 3. The predicted molar refractivity (Wildman–Crippen MR) is 104 cm³/mol. The molecule has 3 heterocycles. The van der Waals surface area contributed by atoms with Gasteiger partial charge < -0.3 is 9.80 Å². The summed E-state index contributed by atoms with van der Waals surface area (Å²) in [5.41, 5.74) is 5.00. The maximum Gasteiger partial charge on any atom is 0.151 e. The summed E-state index contributed by atoms with van der Waals surface area (Å²) in [7, 11) is 0. The first kappa shape index (κ1) is 15.3. The van der Waals surface area contributed by atoms with Gasteiger partial charge in [-0.2, -0.15) is 0 Å². The summed E-state index contributed by atoms with van der Waals surface area (Å²) in [5.74, 6) is 2.06. The van der Waals surface area contributed by atoms with E-state index in [0.717, 1.165) is 56.4 Å². The van der Waals surface area contributed by atoms with E-state index in [1.165, 1.54) is 16.7 Å². The molecule has 0 unspecified atom stereocenters. The van der Waals surface area contributed by atoms with Gasteiger partial charge in [0, 0.05) is 37.9 Å². The lowest BCUT2D eigenvalue weighted by Gasteiger charge is -2.36. The van der Waals surface area contributed by atoms with Gasteiger partial charge in [-0.3, -0.25) is 0 Å². The van der Waals surface area contributed by atoms with Crippen LogP contribution in [0.25, 0.3) is 11.3 Å². The molecule has 0 amide bonds. The van der Waals surface area contributed by atoms with Crippen LogP contribution in [0.3, 0.4) is 0 Å². The van der Waals surface area contributed by atoms with E-state index >= 15 is 0 Å². The van der Waals surface area contributed by atoms with Crippen molar-refractivity contribution in [1.82, 2.24) is 15.2 Å². The molecule has 1 aliphatic carbocycles. The molecule has 0 radical (unpaired) electrons. The minimum Gasteiger partial charge on any atom is -0.353 e. The fourth-order valence-corrected chi connectivity index (χ4v) is 3.93. The second-order valence-corrected chi connectivity index (χ2v) is 6.90. The van der Waals surface area contributed by atoms with E-state index in [-0.39, 0.29) is 0 Å². The smallest absolute Gasteiger partial charge is 0.151 e. The highest BCUT2D eigenvalue weighted by Crippen LogP contribution is 2.32. The molecule has 1 aromatic carbocycles. The molecule has 5 rings (SSSR count). The molecule has 1 fully saturated rings. The first-order valence-electron chi connectivity index (χ1n) is 9.24. The van der Waals surface area contributed by atoms with Crippen molar-refractivity contribution < 1.29 is 0 Å². The largest absolute Gasteiger partial charge is 0.353 e. The number of piperazine rings is 1. The van der Waals surface area contributed by atoms with Crippen molar-refractivity contribution in [2.24, 2.45) is 0 Å². The van der Waals surface area contributed by atoms with E-state index in [1.807, 2.05) is 18.3 Å². The number of aromatic nitrogens is 3.